The van der Waals surface area contributed by atoms with Crippen LogP contribution in [-0.2, 0) is 13.0 Å². The molecule has 1 aromatic rings. The van der Waals surface area contributed by atoms with Gasteiger partial charge in [0, 0.05) is 17.7 Å². The van der Waals surface area contributed by atoms with Crippen molar-refractivity contribution < 1.29 is 0 Å². The average Bonchev–Trinajstić information content (AvgIpc) is 3.01. The number of para-hydroxylation sites is 1. The molecule has 5 heteroatoms. The first-order valence-electron chi connectivity index (χ1n) is 6.16. The molecular weight excluding hydrogens is 244 g/mol. The second-order valence-corrected chi connectivity index (χ2v) is 5.50. The first kappa shape index (κ1) is 10.3. The maximum atomic E-state index is 4.80. The third-order valence-electron chi connectivity index (χ3n) is 3.45. The van der Waals surface area contributed by atoms with Crippen molar-refractivity contribution in [3.05, 3.63) is 23.8 Å². The molecule has 0 unspecified atom stereocenters. The summed E-state index contributed by atoms with van der Waals surface area (Å²) < 4.78 is 2.19. The van der Waals surface area contributed by atoms with Crippen LogP contribution in [0.5, 0.6) is 0 Å². The maximum Gasteiger partial charge on any atom is 0.191 e. The quantitative estimate of drug-likeness (QED) is 0.671. The Labute approximate surface area is 109 Å². The molecule has 4 rings (SSSR count). The van der Waals surface area contributed by atoms with Gasteiger partial charge in [0.2, 0.25) is 0 Å². The molecule has 3 heterocycles. The molecule has 0 saturated heterocycles. The number of aromatic nitrogens is 4. The highest BCUT2D eigenvalue weighted by Gasteiger charge is 2.24. The highest BCUT2D eigenvalue weighted by molar-refractivity contribution is 7.99. The number of hydrogen-bond donors (Lipinski definition) is 0. The summed E-state index contributed by atoms with van der Waals surface area (Å²) in [6, 6.07) is 6.31. The Bertz CT molecular complexity index is 719. The van der Waals surface area contributed by atoms with Crippen LogP contribution >= 0.6 is 11.8 Å². The van der Waals surface area contributed by atoms with Gasteiger partial charge in [-0.3, -0.25) is 0 Å². The lowest BCUT2D eigenvalue weighted by Crippen LogP contribution is -2.05. The molecule has 0 spiro atoms. The Hall–Kier alpha value is -1.62. The monoisotopic (exact) mass is 256 g/mol. The number of hydrogen-bond acceptors (Lipinski definition) is 4. The van der Waals surface area contributed by atoms with Gasteiger partial charge in [0.15, 0.2) is 11.0 Å². The van der Waals surface area contributed by atoms with E-state index in [2.05, 4.69) is 39.9 Å². The Kier molecular flexibility index (Phi) is 2.11. The zero-order valence-corrected chi connectivity index (χ0v) is 10.9. The van der Waals surface area contributed by atoms with E-state index in [-0.39, 0.29) is 0 Å². The summed E-state index contributed by atoms with van der Waals surface area (Å²) in [5.74, 6) is 2.05. The molecule has 0 amide bonds. The predicted octanol–water partition coefficient (Wildman–Crippen LogP) is 2.60. The number of benzene rings is 1. The van der Waals surface area contributed by atoms with Gasteiger partial charge in [0.25, 0.3) is 0 Å². The van der Waals surface area contributed by atoms with E-state index in [1.54, 1.807) is 11.8 Å². The molecule has 3 aliphatic heterocycles. The summed E-state index contributed by atoms with van der Waals surface area (Å²) in [6.45, 7) is 3.14. The van der Waals surface area contributed by atoms with E-state index < -0.39 is 0 Å². The van der Waals surface area contributed by atoms with Gasteiger partial charge < -0.3 is 4.57 Å². The topological polar surface area (TPSA) is 43.6 Å². The lowest BCUT2D eigenvalue weighted by atomic mass is 10.1. The van der Waals surface area contributed by atoms with E-state index in [9.17, 15) is 0 Å². The highest BCUT2D eigenvalue weighted by atomic mass is 32.2. The van der Waals surface area contributed by atoms with Gasteiger partial charge >= 0.3 is 0 Å². The van der Waals surface area contributed by atoms with E-state index in [1.807, 2.05) is 0 Å². The van der Waals surface area contributed by atoms with Crippen LogP contribution in [0, 0.1) is 0 Å². The zero-order chi connectivity index (χ0) is 12.1. The smallest absolute Gasteiger partial charge is 0.191 e. The molecule has 0 aromatic heterocycles. The largest absolute Gasteiger partial charge is 0.301 e. The first-order valence-corrected chi connectivity index (χ1v) is 7.14. The molecule has 0 atom stereocenters. The second kappa shape index (κ2) is 3.68. The molecule has 0 radical (unpaired) electrons. The molecular formula is C13H12N4S. The van der Waals surface area contributed by atoms with Crippen LogP contribution in [0.3, 0.4) is 0 Å². The van der Waals surface area contributed by atoms with Crippen molar-refractivity contribution in [3.63, 3.8) is 0 Å². The Balaban J connectivity index is 2.14. The first-order chi connectivity index (χ1) is 8.88. The summed E-state index contributed by atoms with van der Waals surface area (Å²) in [6.07, 6.45) is 0.996. The van der Waals surface area contributed by atoms with E-state index in [4.69, 9.17) is 4.98 Å². The highest BCUT2D eigenvalue weighted by Crippen LogP contribution is 2.35. The van der Waals surface area contributed by atoms with E-state index in [0.717, 1.165) is 46.3 Å². The van der Waals surface area contributed by atoms with Crippen molar-refractivity contribution in [2.24, 2.45) is 0 Å². The van der Waals surface area contributed by atoms with Crippen LogP contribution in [0.1, 0.15) is 12.5 Å². The summed E-state index contributed by atoms with van der Waals surface area (Å²) in [4.78, 5) is 4.80. The van der Waals surface area contributed by atoms with Crippen molar-refractivity contribution >= 4 is 22.7 Å². The molecule has 18 heavy (non-hydrogen) atoms. The Morgan fingerprint density at radius 1 is 1.33 bits per heavy atom. The van der Waals surface area contributed by atoms with Crippen LogP contribution in [-0.4, -0.2) is 25.5 Å². The minimum atomic E-state index is 0.937. The van der Waals surface area contributed by atoms with Crippen LogP contribution in [0.25, 0.3) is 22.4 Å². The van der Waals surface area contributed by atoms with Crippen LogP contribution in [0.15, 0.2) is 23.4 Å². The van der Waals surface area contributed by atoms with E-state index in [0.29, 0.717) is 0 Å². The average molecular weight is 256 g/mol. The lowest BCUT2D eigenvalue weighted by Gasteiger charge is -2.05. The molecule has 0 fully saturated rings. The van der Waals surface area contributed by atoms with Crippen molar-refractivity contribution in [2.45, 2.75) is 25.0 Å². The predicted molar refractivity (Wildman–Crippen MR) is 72.0 cm³/mol. The van der Waals surface area contributed by atoms with Gasteiger partial charge in [-0.05, 0) is 12.0 Å². The van der Waals surface area contributed by atoms with Crippen molar-refractivity contribution in [3.8, 4) is 11.5 Å². The zero-order valence-electron chi connectivity index (χ0n) is 10.1. The minimum absolute atomic E-state index is 0.937. The SMILES string of the molecule is CCc1cccc2c3nnc4n(c-3nc12)CCS4. The lowest BCUT2D eigenvalue weighted by molar-refractivity contribution is 0.648. The van der Waals surface area contributed by atoms with Crippen LogP contribution < -0.4 is 0 Å². The summed E-state index contributed by atoms with van der Waals surface area (Å²) in [7, 11) is 0. The number of aryl methyl sites for hydroxylation is 1. The number of nitrogens with zero attached hydrogens (tertiary/aromatic N) is 4. The fraction of sp³-hybridized carbons (Fsp3) is 0.308. The summed E-state index contributed by atoms with van der Waals surface area (Å²) in [5.41, 5.74) is 3.30. The summed E-state index contributed by atoms with van der Waals surface area (Å²) >= 11 is 1.75. The Morgan fingerprint density at radius 2 is 2.28 bits per heavy atom. The van der Waals surface area contributed by atoms with Crippen LogP contribution in [0.2, 0.25) is 0 Å². The molecule has 0 bridgehead atoms. The molecule has 1 aromatic carbocycles. The van der Waals surface area contributed by atoms with Gasteiger partial charge in [0.05, 0.1) is 5.52 Å². The van der Waals surface area contributed by atoms with Gasteiger partial charge in [0.1, 0.15) is 5.69 Å². The van der Waals surface area contributed by atoms with Gasteiger partial charge in [-0.2, -0.15) is 0 Å². The van der Waals surface area contributed by atoms with Crippen molar-refractivity contribution in [1.29, 1.82) is 0 Å². The third kappa shape index (κ3) is 1.25. The number of thioether (sulfide) groups is 1. The van der Waals surface area contributed by atoms with Crippen molar-refractivity contribution in [1.82, 2.24) is 19.7 Å². The fourth-order valence-electron chi connectivity index (χ4n) is 2.54. The van der Waals surface area contributed by atoms with Gasteiger partial charge in [-0.15, -0.1) is 10.2 Å². The van der Waals surface area contributed by atoms with E-state index >= 15 is 0 Å². The normalized spacial score (nSPS) is 14.5. The fourth-order valence-corrected chi connectivity index (χ4v) is 3.43. The third-order valence-corrected chi connectivity index (χ3v) is 4.40. The molecule has 0 saturated carbocycles. The second-order valence-electron chi connectivity index (χ2n) is 4.43. The minimum Gasteiger partial charge on any atom is -0.301 e. The molecule has 4 nitrogen and oxygen atoms in total. The van der Waals surface area contributed by atoms with Crippen molar-refractivity contribution in [2.75, 3.05) is 5.75 Å². The van der Waals surface area contributed by atoms with E-state index in [1.165, 1.54) is 5.56 Å². The molecule has 0 aliphatic carbocycles. The maximum absolute atomic E-state index is 4.80. The molecule has 3 aliphatic rings. The number of fused-ring (bicyclic) bond motifs is 5. The van der Waals surface area contributed by atoms with Gasteiger partial charge in [-0.25, -0.2) is 4.98 Å². The Morgan fingerprint density at radius 3 is 3.17 bits per heavy atom. The number of rotatable bonds is 1. The van der Waals surface area contributed by atoms with Crippen LogP contribution in [0.4, 0.5) is 0 Å². The molecule has 90 valence electrons. The van der Waals surface area contributed by atoms with Gasteiger partial charge in [-0.1, -0.05) is 36.9 Å². The molecule has 0 N–H and O–H groups in total. The summed E-state index contributed by atoms with van der Waals surface area (Å²) in [5, 5.41) is 10.8. The standard InChI is InChI=1S/C13H12N4S/c1-2-8-4-3-5-9-10(8)14-12-11(9)15-16-13-17(12)6-7-18-13/h3-5H,2,6-7H2,1H3.